The van der Waals surface area contributed by atoms with Gasteiger partial charge in [0.2, 0.25) is 0 Å². The molecule has 2 aromatic carbocycles. The number of carbonyl (C=O) groups excluding carboxylic acids is 1. The van der Waals surface area contributed by atoms with Gasteiger partial charge in [0.05, 0.1) is 12.6 Å². The molecule has 1 amide bonds. The first-order valence-corrected chi connectivity index (χ1v) is 7.38. The molecule has 1 aliphatic heterocycles. The molecule has 0 saturated heterocycles. The van der Waals surface area contributed by atoms with Crippen LogP contribution in [0.5, 0.6) is 5.75 Å². The van der Waals surface area contributed by atoms with Gasteiger partial charge in [0, 0.05) is 12.1 Å². The first kappa shape index (κ1) is 14.6. The lowest BCUT2D eigenvalue weighted by Gasteiger charge is -2.36. The molecule has 1 atom stereocenters. The Labute approximate surface area is 129 Å². The van der Waals surface area contributed by atoms with Crippen molar-refractivity contribution in [2.45, 2.75) is 25.9 Å². The fourth-order valence-electron chi connectivity index (χ4n) is 2.90. The summed E-state index contributed by atoms with van der Waals surface area (Å²) in [4.78, 5) is 14.4. The molecule has 0 fully saturated rings. The van der Waals surface area contributed by atoms with E-state index in [1.807, 2.05) is 24.3 Å². The summed E-state index contributed by atoms with van der Waals surface area (Å²) in [5.41, 5.74) is 3.47. The average Bonchev–Trinajstić information content (AvgIpc) is 2.55. The third-order valence-corrected chi connectivity index (χ3v) is 4.28. The summed E-state index contributed by atoms with van der Waals surface area (Å²) in [6, 6.07) is 12.7. The zero-order chi connectivity index (χ0) is 15.7. The zero-order valence-corrected chi connectivity index (χ0v) is 12.5. The van der Waals surface area contributed by atoms with Crippen molar-refractivity contribution in [1.29, 1.82) is 0 Å². The number of carbonyl (C=O) groups is 1. The van der Waals surface area contributed by atoms with Gasteiger partial charge in [-0.1, -0.05) is 30.3 Å². The molecule has 1 aliphatic rings. The Morgan fingerprint density at radius 1 is 1.23 bits per heavy atom. The predicted octanol–water partition coefficient (Wildman–Crippen LogP) is 2.26. The number of hydrogen-bond donors (Lipinski definition) is 2. The Morgan fingerprint density at radius 2 is 1.95 bits per heavy atom. The summed E-state index contributed by atoms with van der Waals surface area (Å²) in [7, 11) is 0. The minimum absolute atomic E-state index is 0.0715. The van der Waals surface area contributed by atoms with Crippen molar-refractivity contribution in [3.8, 4) is 5.75 Å². The number of phenolic OH excluding ortho intramolecular Hbond substituents is 1. The van der Waals surface area contributed by atoms with E-state index in [1.54, 1.807) is 24.0 Å². The summed E-state index contributed by atoms with van der Waals surface area (Å²) < 4.78 is 0. The molecule has 0 unspecified atom stereocenters. The van der Waals surface area contributed by atoms with Crippen LogP contribution in [0.15, 0.2) is 42.5 Å². The molecular weight excluding hydrogens is 278 g/mol. The smallest absolute Gasteiger partial charge is 0.254 e. The van der Waals surface area contributed by atoms with Crippen LogP contribution in [0, 0.1) is 6.92 Å². The molecule has 3 rings (SSSR count). The van der Waals surface area contributed by atoms with E-state index in [2.05, 4.69) is 0 Å². The number of aromatic hydroxyl groups is 1. The highest BCUT2D eigenvalue weighted by atomic mass is 16.3. The van der Waals surface area contributed by atoms with Crippen LogP contribution in [0.25, 0.3) is 0 Å². The normalized spacial score (nSPS) is 17.2. The Bertz CT molecular complexity index is 711. The van der Waals surface area contributed by atoms with Gasteiger partial charge in [-0.25, -0.2) is 0 Å². The van der Waals surface area contributed by atoms with Crippen molar-refractivity contribution in [3.63, 3.8) is 0 Å². The highest BCUT2D eigenvalue weighted by Gasteiger charge is 2.29. The maximum Gasteiger partial charge on any atom is 0.254 e. The number of nitrogens with zero attached hydrogens (tertiary/aromatic N) is 1. The molecule has 1 heterocycles. The van der Waals surface area contributed by atoms with E-state index < -0.39 is 0 Å². The molecule has 0 bridgehead atoms. The van der Waals surface area contributed by atoms with Crippen molar-refractivity contribution < 1.29 is 15.0 Å². The van der Waals surface area contributed by atoms with Crippen LogP contribution in [0.1, 0.15) is 27.0 Å². The molecule has 2 N–H and O–H groups in total. The number of aryl methyl sites for hydroxylation is 1. The number of aliphatic hydroxyl groups excluding tert-OH is 1. The summed E-state index contributed by atoms with van der Waals surface area (Å²) in [6.07, 6.45) is 0.649. The molecule has 0 aromatic heterocycles. The lowest BCUT2D eigenvalue weighted by Crippen LogP contribution is -2.46. The highest BCUT2D eigenvalue weighted by Crippen LogP contribution is 2.26. The molecular formula is C18H19NO3. The molecule has 0 aliphatic carbocycles. The maximum absolute atomic E-state index is 12.7. The third-order valence-electron chi connectivity index (χ3n) is 4.28. The Hall–Kier alpha value is -2.33. The topological polar surface area (TPSA) is 60.8 Å². The number of rotatable bonds is 2. The average molecular weight is 297 g/mol. The minimum atomic E-state index is -0.231. The van der Waals surface area contributed by atoms with Gasteiger partial charge in [0.1, 0.15) is 5.75 Å². The monoisotopic (exact) mass is 297 g/mol. The number of amides is 1. The molecule has 0 spiro atoms. The quantitative estimate of drug-likeness (QED) is 0.894. The van der Waals surface area contributed by atoms with Gasteiger partial charge >= 0.3 is 0 Å². The van der Waals surface area contributed by atoms with Crippen LogP contribution in [-0.2, 0) is 13.0 Å². The van der Waals surface area contributed by atoms with Crippen molar-refractivity contribution in [2.75, 3.05) is 6.61 Å². The second kappa shape index (κ2) is 5.81. The number of aliphatic hydroxyl groups is 1. The van der Waals surface area contributed by atoms with Crippen LogP contribution in [0.4, 0.5) is 0 Å². The van der Waals surface area contributed by atoms with Crippen LogP contribution in [-0.4, -0.2) is 33.7 Å². The zero-order valence-electron chi connectivity index (χ0n) is 12.5. The Balaban J connectivity index is 1.92. The lowest BCUT2D eigenvalue weighted by atomic mass is 9.93. The molecule has 4 nitrogen and oxygen atoms in total. The van der Waals surface area contributed by atoms with E-state index in [0.717, 1.165) is 11.1 Å². The van der Waals surface area contributed by atoms with E-state index in [0.29, 0.717) is 18.5 Å². The van der Waals surface area contributed by atoms with Gasteiger partial charge in [-0.15, -0.1) is 0 Å². The largest absolute Gasteiger partial charge is 0.508 e. The van der Waals surface area contributed by atoms with Crippen molar-refractivity contribution in [2.24, 2.45) is 0 Å². The third kappa shape index (κ3) is 2.57. The van der Waals surface area contributed by atoms with E-state index in [-0.39, 0.29) is 24.3 Å². The van der Waals surface area contributed by atoms with Gasteiger partial charge in [0.25, 0.3) is 5.91 Å². The summed E-state index contributed by atoms with van der Waals surface area (Å²) in [5.74, 6) is -0.0485. The minimum Gasteiger partial charge on any atom is -0.508 e. The Kier molecular flexibility index (Phi) is 3.86. The standard InChI is InChI=1S/C18H19NO3/c1-12-6-7-14(9-17(12)21)18(22)19-10-15-5-3-2-4-13(15)8-16(19)11-20/h2-7,9,16,20-21H,8,10-11H2,1H3/t16-/m0/s1. The first-order valence-electron chi connectivity index (χ1n) is 7.38. The number of fused-ring (bicyclic) bond motifs is 1. The molecule has 2 aromatic rings. The second-order valence-corrected chi connectivity index (χ2v) is 5.74. The number of benzene rings is 2. The van der Waals surface area contributed by atoms with Crippen molar-refractivity contribution >= 4 is 5.91 Å². The first-order chi connectivity index (χ1) is 10.6. The van der Waals surface area contributed by atoms with E-state index in [4.69, 9.17) is 0 Å². The fraction of sp³-hybridized carbons (Fsp3) is 0.278. The van der Waals surface area contributed by atoms with Gasteiger partial charge in [-0.2, -0.15) is 0 Å². The van der Waals surface area contributed by atoms with E-state index >= 15 is 0 Å². The Morgan fingerprint density at radius 3 is 2.64 bits per heavy atom. The maximum atomic E-state index is 12.7. The summed E-state index contributed by atoms with van der Waals surface area (Å²) in [5, 5.41) is 19.4. The van der Waals surface area contributed by atoms with Gasteiger partial charge < -0.3 is 15.1 Å². The predicted molar refractivity (Wildman–Crippen MR) is 83.7 cm³/mol. The second-order valence-electron chi connectivity index (χ2n) is 5.74. The highest BCUT2D eigenvalue weighted by molar-refractivity contribution is 5.95. The summed E-state index contributed by atoms with van der Waals surface area (Å²) >= 11 is 0. The van der Waals surface area contributed by atoms with Crippen LogP contribution in [0.3, 0.4) is 0 Å². The lowest BCUT2D eigenvalue weighted by molar-refractivity contribution is 0.0544. The number of phenols is 1. The molecule has 0 radical (unpaired) electrons. The fourth-order valence-corrected chi connectivity index (χ4v) is 2.90. The SMILES string of the molecule is Cc1ccc(C(=O)N2Cc3ccccc3C[C@H]2CO)cc1O. The van der Waals surface area contributed by atoms with Gasteiger partial charge in [0.15, 0.2) is 0 Å². The molecule has 22 heavy (non-hydrogen) atoms. The van der Waals surface area contributed by atoms with Gasteiger partial charge in [-0.3, -0.25) is 4.79 Å². The van der Waals surface area contributed by atoms with E-state index in [1.165, 1.54) is 11.6 Å². The van der Waals surface area contributed by atoms with Crippen LogP contribution >= 0.6 is 0 Å². The van der Waals surface area contributed by atoms with Crippen molar-refractivity contribution in [1.82, 2.24) is 4.90 Å². The van der Waals surface area contributed by atoms with Crippen LogP contribution < -0.4 is 0 Å². The number of hydrogen-bond acceptors (Lipinski definition) is 3. The van der Waals surface area contributed by atoms with Crippen LogP contribution in [0.2, 0.25) is 0 Å². The molecule has 4 heteroatoms. The van der Waals surface area contributed by atoms with E-state index in [9.17, 15) is 15.0 Å². The van der Waals surface area contributed by atoms with Gasteiger partial charge in [-0.05, 0) is 42.2 Å². The van der Waals surface area contributed by atoms with Crippen molar-refractivity contribution in [3.05, 3.63) is 64.7 Å². The molecule has 114 valence electrons. The molecule has 0 saturated carbocycles. The summed E-state index contributed by atoms with van der Waals surface area (Å²) in [6.45, 7) is 2.20.